The number of hydrogen-bond donors (Lipinski definition) is 0. The smallest absolute Gasteiger partial charge is 0.171 e. The summed E-state index contributed by atoms with van der Waals surface area (Å²) in [5.74, 6) is -0.761. The summed E-state index contributed by atoms with van der Waals surface area (Å²) in [6.07, 6.45) is -9.40. The molecule has 7 heteroatoms. The molecule has 0 fully saturated rings. The van der Waals surface area contributed by atoms with E-state index in [1.54, 1.807) is 0 Å². The molecular formula is C9H11BrF6. The van der Waals surface area contributed by atoms with Gasteiger partial charge in [-0.05, 0) is 19.3 Å². The highest BCUT2D eigenvalue weighted by Crippen LogP contribution is 2.30. The van der Waals surface area contributed by atoms with Crippen LogP contribution in [0.3, 0.4) is 0 Å². The molecule has 0 amide bonds. The van der Waals surface area contributed by atoms with Gasteiger partial charge in [-0.1, -0.05) is 22.0 Å². The van der Waals surface area contributed by atoms with Crippen LogP contribution in [0.25, 0.3) is 0 Å². The monoisotopic (exact) mass is 312 g/mol. The summed E-state index contributed by atoms with van der Waals surface area (Å²) in [5.41, 5.74) is -0.862. The van der Waals surface area contributed by atoms with Crippen molar-refractivity contribution in [2.24, 2.45) is 5.92 Å². The molecule has 0 spiro atoms. The predicted octanol–water partition coefficient (Wildman–Crippen LogP) is 4.85. The molecule has 0 heterocycles. The molecule has 0 bridgehead atoms. The molecule has 0 aromatic rings. The van der Waals surface area contributed by atoms with Crippen LogP contribution >= 0.6 is 15.9 Å². The van der Waals surface area contributed by atoms with E-state index in [4.69, 9.17) is 0 Å². The van der Waals surface area contributed by atoms with E-state index in [9.17, 15) is 26.3 Å². The maximum absolute atomic E-state index is 12.1. The van der Waals surface area contributed by atoms with E-state index < -0.39 is 30.3 Å². The van der Waals surface area contributed by atoms with Gasteiger partial charge in [0.05, 0.1) is 0 Å². The van der Waals surface area contributed by atoms with Crippen LogP contribution in [0, 0.1) is 5.92 Å². The zero-order chi connectivity index (χ0) is 13.0. The Bertz CT molecular complexity index is 239. The topological polar surface area (TPSA) is 0 Å². The average Bonchev–Trinajstić information content (AvgIpc) is 2.08. The van der Waals surface area contributed by atoms with Gasteiger partial charge in [0, 0.05) is 17.3 Å². The van der Waals surface area contributed by atoms with Gasteiger partial charge in [-0.15, -0.1) is 0 Å². The molecule has 16 heavy (non-hydrogen) atoms. The Morgan fingerprint density at radius 3 is 2.00 bits per heavy atom. The molecule has 0 aromatic carbocycles. The van der Waals surface area contributed by atoms with Crippen LogP contribution in [0.5, 0.6) is 0 Å². The second kappa shape index (κ2) is 5.93. The third-order valence-electron chi connectivity index (χ3n) is 1.93. The molecule has 0 saturated heterocycles. The summed E-state index contributed by atoms with van der Waals surface area (Å²) >= 11 is 2.90. The van der Waals surface area contributed by atoms with Gasteiger partial charge in [-0.2, -0.15) is 26.3 Å². The second-order valence-electron chi connectivity index (χ2n) is 3.42. The third-order valence-corrected chi connectivity index (χ3v) is 2.76. The second-order valence-corrected chi connectivity index (χ2v) is 4.06. The minimum Gasteiger partial charge on any atom is -0.171 e. The van der Waals surface area contributed by atoms with Crippen molar-refractivity contribution in [2.45, 2.75) is 32.1 Å². The lowest BCUT2D eigenvalue weighted by Gasteiger charge is -2.14. The molecule has 0 aromatic heterocycles. The first-order chi connectivity index (χ1) is 7.06. The molecule has 0 rings (SSSR count). The fraction of sp³-hybridized carbons (Fsp3) is 0.778. The Kier molecular flexibility index (Phi) is 5.86. The quantitative estimate of drug-likeness (QED) is 0.395. The lowest BCUT2D eigenvalue weighted by molar-refractivity contribution is -0.136. The highest BCUT2D eigenvalue weighted by Gasteiger charge is 2.32. The molecule has 0 aliphatic carbocycles. The van der Waals surface area contributed by atoms with Gasteiger partial charge in [0.2, 0.25) is 0 Å². The van der Waals surface area contributed by atoms with Crippen molar-refractivity contribution in [1.82, 2.24) is 0 Å². The summed E-state index contributed by atoms with van der Waals surface area (Å²) in [6.45, 7) is 0.850. The fourth-order valence-electron chi connectivity index (χ4n) is 1.00. The van der Waals surface area contributed by atoms with E-state index in [-0.39, 0.29) is 11.8 Å². The van der Waals surface area contributed by atoms with Crippen molar-refractivity contribution in [3.63, 3.8) is 0 Å². The van der Waals surface area contributed by atoms with Gasteiger partial charge >= 0.3 is 12.4 Å². The lowest BCUT2D eigenvalue weighted by Crippen LogP contribution is -2.14. The van der Waals surface area contributed by atoms with Crippen molar-refractivity contribution in [1.29, 1.82) is 0 Å². The van der Waals surface area contributed by atoms with Crippen molar-refractivity contribution in [3.8, 4) is 0 Å². The Balaban J connectivity index is 4.42. The Morgan fingerprint density at radius 1 is 1.19 bits per heavy atom. The minimum absolute atomic E-state index is 0.0799. The fourth-order valence-corrected chi connectivity index (χ4v) is 1.51. The number of hydrogen-bond acceptors (Lipinski definition) is 0. The first-order valence-electron chi connectivity index (χ1n) is 4.44. The summed E-state index contributed by atoms with van der Waals surface area (Å²) in [4.78, 5) is 0. The zero-order valence-electron chi connectivity index (χ0n) is 8.42. The van der Waals surface area contributed by atoms with Crippen molar-refractivity contribution in [2.75, 3.05) is 5.33 Å². The SMILES string of the molecule is C/C(=C\C(CBr)CCC(F)(F)F)C(F)(F)F. The number of halogens is 7. The van der Waals surface area contributed by atoms with E-state index in [1.807, 2.05) is 0 Å². The van der Waals surface area contributed by atoms with E-state index in [0.717, 1.165) is 13.0 Å². The summed E-state index contributed by atoms with van der Waals surface area (Å²) < 4.78 is 71.9. The maximum atomic E-state index is 12.1. The third kappa shape index (κ3) is 7.14. The molecule has 0 radical (unpaired) electrons. The van der Waals surface area contributed by atoms with Gasteiger partial charge in [0.1, 0.15) is 0 Å². The first kappa shape index (κ1) is 15.8. The molecule has 0 aliphatic heterocycles. The number of allylic oxidation sites excluding steroid dienone is 2. The molecule has 0 saturated carbocycles. The van der Waals surface area contributed by atoms with Crippen molar-refractivity contribution >= 4 is 15.9 Å². The van der Waals surface area contributed by atoms with Crippen molar-refractivity contribution < 1.29 is 26.3 Å². The standard InChI is InChI=1S/C9H11BrF6/c1-6(9(14,15)16)4-7(5-10)2-3-8(11,12)13/h4,7H,2-3,5H2,1H3/b6-4+. The van der Waals surface area contributed by atoms with E-state index in [1.165, 1.54) is 0 Å². The van der Waals surface area contributed by atoms with E-state index >= 15 is 0 Å². The normalized spacial score (nSPS) is 16.4. The summed E-state index contributed by atoms with van der Waals surface area (Å²) in [5, 5.41) is 0.0799. The van der Waals surface area contributed by atoms with Gasteiger partial charge < -0.3 is 0 Å². The first-order valence-corrected chi connectivity index (χ1v) is 5.56. The van der Waals surface area contributed by atoms with E-state index in [0.29, 0.717) is 0 Å². The van der Waals surface area contributed by atoms with Gasteiger partial charge in [-0.25, -0.2) is 0 Å². The molecule has 0 nitrogen and oxygen atoms in total. The summed E-state index contributed by atoms with van der Waals surface area (Å²) in [7, 11) is 0. The molecule has 1 unspecified atom stereocenters. The Labute approximate surface area is 97.8 Å². The van der Waals surface area contributed by atoms with Crippen LogP contribution in [-0.4, -0.2) is 17.7 Å². The van der Waals surface area contributed by atoms with Crippen LogP contribution in [0.4, 0.5) is 26.3 Å². The largest absolute Gasteiger partial charge is 0.412 e. The molecular weight excluding hydrogens is 302 g/mol. The predicted molar refractivity (Wildman–Crippen MR) is 52.4 cm³/mol. The van der Waals surface area contributed by atoms with Crippen molar-refractivity contribution in [3.05, 3.63) is 11.6 Å². The lowest BCUT2D eigenvalue weighted by atomic mass is 10.0. The Morgan fingerprint density at radius 2 is 1.69 bits per heavy atom. The minimum atomic E-state index is -4.47. The number of alkyl halides is 7. The average molecular weight is 313 g/mol. The molecule has 0 N–H and O–H groups in total. The van der Waals surface area contributed by atoms with Gasteiger partial charge in [0.25, 0.3) is 0 Å². The number of rotatable bonds is 4. The van der Waals surface area contributed by atoms with Crippen LogP contribution in [-0.2, 0) is 0 Å². The Hall–Kier alpha value is -0.200. The van der Waals surface area contributed by atoms with Gasteiger partial charge in [-0.3, -0.25) is 0 Å². The molecule has 0 aliphatic rings. The maximum Gasteiger partial charge on any atom is 0.412 e. The highest BCUT2D eigenvalue weighted by atomic mass is 79.9. The van der Waals surface area contributed by atoms with Crippen LogP contribution in [0.1, 0.15) is 19.8 Å². The summed E-state index contributed by atoms with van der Waals surface area (Å²) in [6, 6.07) is 0. The zero-order valence-corrected chi connectivity index (χ0v) is 10.0. The van der Waals surface area contributed by atoms with Crippen LogP contribution in [0.15, 0.2) is 11.6 Å². The van der Waals surface area contributed by atoms with Crippen LogP contribution in [0.2, 0.25) is 0 Å². The van der Waals surface area contributed by atoms with Gasteiger partial charge in [0.15, 0.2) is 0 Å². The molecule has 1 atom stereocenters. The van der Waals surface area contributed by atoms with Crippen LogP contribution < -0.4 is 0 Å². The molecule has 96 valence electrons. The van der Waals surface area contributed by atoms with E-state index in [2.05, 4.69) is 15.9 Å². The highest BCUT2D eigenvalue weighted by molar-refractivity contribution is 9.09.